The zero-order chi connectivity index (χ0) is 28.0. The van der Waals surface area contributed by atoms with Crippen LogP contribution >= 0.6 is 0 Å². The first-order valence-electron chi connectivity index (χ1n) is 14.4. The molecule has 4 nitrogen and oxygen atoms in total. The Morgan fingerprint density at radius 1 is 0.833 bits per heavy atom. The highest BCUT2D eigenvalue weighted by Crippen LogP contribution is 2.39. The number of rotatable bonds is 4. The number of likely N-dealkylation sites (N-methyl/N-ethyl adjacent to an activating group) is 1. The molecule has 4 heterocycles. The molecule has 1 unspecified atom stereocenters. The van der Waals surface area contributed by atoms with E-state index in [9.17, 15) is 0 Å². The molecule has 0 saturated heterocycles. The highest BCUT2D eigenvalue weighted by Gasteiger charge is 2.18. The fourth-order valence-corrected chi connectivity index (χ4v) is 6.28. The Bertz CT molecular complexity index is 2100. The lowest BCUT2D eigenvalue weighted by atomic mass is 9.98. The van der Waals surface area contributed by atoms with Crippen molar-refractivity contribution >= 4 is 43.8 Å². The molecule has 8 rings (SSSR count). The molecule has 0 aliphatic carbocycles. The third kappa shape index (κ3) is 4.11. The van der Waals surface area contributed by atoms with Crippen molar-refractivity contribution in [3.63, 3.8) is 0 Å². The first kappa shape index (κ1) is 24.4. The topological polar surface area (TPSA) is 33.1 Å². The van der Waals surface area contributed by atoms with Crippen LogP contribution in [0.25, 0.3) is 49.5 Å². The van der Waals surface area contributed by atoms with Gasteiger partial charge in [-0.15, -0.1) is 0 Å². The third-order valence-corrected chi connectivity index (χ3v) is 8.43. The molecular formula is C38H30N4. The van der Waals surface area contributed by atoms with Gasteiger partial charge in [0.2, 0.25) is 0 Å². The number of nitrogens with zero attached hydrogens (tertiary/aromatic N) is 3. The molecule has 202 valence electrons. The van der Waals surface area contributed by atoms with Crippen LogP contribution in [0.1, 0.15) is 22.7 Å². The SMILES string of the molecule is CN1C=CC(c2ccc3c4ccc5cc(C6=CC=CC(c7cccnc7)N6)ccc5c4n(-c4ccccc4)c3c2)=CC1. The highest BCUT2D eigenvalue weighted by molar-refractivity contribution is 6.19. The number of nitrogens with one attached hydrogen (secondary N) is 1. The van der Waals surface area contributed by atoms with Crippen molar-refractivity contribution in [3.8, 4) is 5.69 Å². The fourth-order valence-electron chi connectivity index (χ4n) is 6.28. The quantitative estimate of drug-likeness (QED) is 0.243. The predicted molar refractivity (Wildman–Crippen MR) is 175 cm³/mol. The predicted octanol–water partition coefficient (Wildman–Crippen LogP) is 8.42. The number of hydrogen-bond donors (Lipinski definition) is 1. The standard InChI is InChI=1S/C38H30N4/c1-41-21-18-26(19-22-41)27-12-16-33-34-17-13-28-23-29(35-10-5-11-36(40-35)30-7-6-20-39-25-30)14-15-32(28)38(34)42(37(33)24-27)31-8-3-2-4-9-31/h2-21,23-25,36,40H,22H2,1H3. The second-order valence-electron chi connectivity index (χ2n) is 11.1. The van der Waals surface area contributed by atoms with Gasteiger partial charge in [-0.1, -0.05) is 78.9 Å². The fraction of sp³-hybridized carbons (Fsp3) is 0.0789. The van der Waals surface area contributed by atoms with E-state index in [2.05, 4.69) is 148 Å². The summed E-state index contributed by atoms with van der Waals surface area (Å²) in [6, 6.07) is 33.2. The molecular weight excluding hydrogens is 512 g/mol. The van der Waals surface area contributed by atoms with Crippen LogP contribution in [0, 0.1) is 0 Å². The molecule has 42 heavy (non-hydrogen) atoms. The van der Waals surface area contributed by atoms with Crippen LogP contribution in [-0.2, 0) is 0 Å². The average molecular weight is 543 g/mol. The van der Waals surface area contributed by atoms with Crippen LogP contribution in [0.4, 0.5) is 0 Å². The summed E-state index contributed by atoms with van der Waals surface area (Å²) in [5.74, 6) is 0. The van der Waals surface area contributed by atoms with Gasteiger partial charge < -0.3 is 14.8 Å². The van der Waals surface area contributed by atoms with Crippen LogP contribution in [0.15, 0.2) is 140 Å². The van der Waals surface area contributed by atoms with Gasteiger partial charge in [0.25, 0.3) is 0 Å². The van der Waals surface area contributed by atoms with Gasteiger partial charge in [0.15, 0.2) is 0 Å². The number of pyridine rings is 1. The summed E-state index contributed by atoms with van der Waals surface area (Å²) >= 11 is 0. The molecule has 2 aliphatic rings. The normalized spacial score (nSPS) is 16.6. The molecule has 1 atom stereocenters. The van der Waals surface area contributed by atoms with E-state index >= 15 is 0 Å². The van der Waals surface area contributed by atoms with Crippen molar-refractivity contribution in [3.05, 3.63) is 157 Å². The van der Waals surface area contributed by atoms with E-state index in [1.807, 2.05) is 18.5 Å². The number of aromatic nitrogens is 2. The van der Waals surface area contributed by atoms with Crippen molar-refractivity contribution < 1.29 is 0 Å². The Morgan fingerprint density at radius 2 is 1.69 bits per heavy atom. The van der Waals surface area contributed by atoms with Gasteiger partial charge in [-0.3, -0.25) is 4.98 Å². The molecule has 1 N–H and O–H groups in total. The Labute approximate surface area is 245 Å². The maximum atomic E-state index is 4.31. The largest absolute Gasteiger partial charge is 0.377 e. The Balaban J connectivity index is 1.29. The van der Waals surface area contributed by atoms with Gasteiger partial charge in [0, 0.05) is 53.5 Å². The van der Waals surface area contributed by atoms with E-state index in [4.69, 9.17) is 0 Å². The van der Waals surface area contributed by atoms with Gasteiger partial charge in [-0.05, 0) is 76.3 Å². The molecule has 0 saturated carbocycles. The van der Waals surface area contributed by atoms with Crippen LogP contribution in [0.5, 0.6) is 0 Å². The molecule has 0 spiro atoms. The molecule has 2 aliphatic heterocycles. The van der Waals surface area contributed by atoms with Gasteiger partial charge in [-0.25, -0.2) is 0 Å². The van der Waals surface area contributed by atoms with Crippen LogP contribution in [0.2, 0.25) is 0 Å². The van der Waals surface area contributed by atoms with Crippen LogP contribution in [0.3, 0.4) is 0 Å². The van der Waals surface area contributed by atoms with Gasteiger partial charge >= 0.3 is 0 Å². The third-order valence-electron chi connectivity index (χ3n) is 8.43. The van der Waals surface area contributed by atoms with E-state index < -0.39 is 0 Å². The van der Waals surface area contributed by atoms with Crippen molar-refractivity contribution in [1.29, 1.82) is 0 Å². The summed E-state index contributed by atoms with van der Waals surface area (Å²) in [4.78, 5) is 6.50. The number of dihydropyridines is 1. The van der Waals surface area contributed by atoms with Gasteiger partial charge in [0.1, 0.15) is 0 Å². The van der Waals surface area contributed by atoms with E-state index in [-0.39, 0.29) is 6.04 Å². The molecule has 0 bridgehead atoms. The lowest BCUT2D eigenvalue weighted by Crippen LogP contribution is -2.20. The lowest BCUT2D eigenvalue weighted by Gasteiger charge is -2.22. The van der Waals surface area contributed by atoms with Crippen molar-refractivity contribution in [2.45, 2.75) is 6.04 Å². The number of allylic oxidation sites excluding steroid dienone is 4. The summed E-state index contributed by atoms with van der Waals surface area (Å²) < 4.78 is 2.44. The van der Waals surface area contributed by atoms with E-state index in [1.165, 1.54) is 55.0 Å². The Kier molecular flexibility index (Phi) is 5.78. The first-order chi connectivity index (χ1) is 20.7. The Morgan fingerprint density at radius 3 is 2.52 bits per heavy atom. The van der Waals surface area contributed by atoms with Crippen molar-refractivity contribution in [2.24, 2.45) is 0 Å². The highest BCUT2D eigenvalue weighted by atomic mass is 15.1. The number of fused-ring (bicyclic) bond motifs is 5. The van der Waals surface area contributed by atoms with E-state index in [1.54, 1.807) is 0 Å². The summed E-state index contributed by atoms with van der Waals surface area (Å²) in [7, 11) is 2.10. The second kappa shape index (κ2) is 9.93. The minimum atomic E-state index is 0.0983. The minimum Gasteiger partial charge on any atom is -0.377 e. The van der Waals surface area contributed by atoms with Gasteiger partial charge in [0.05, 0.1) is 17.1 Å². The number of para-hydroxylation sites is 1. The summed E-state index contributed by atoms with van der Waals surface area (Å²) in [6.07, 6.45) is 16.9. The molecule has 4 heteroatoms. The maximum Gasteiger partial charge on any atom is 0.0716 e. The molecule has 2 aromatic heterocycles. The van der Waals surface area contributed by atoms with Crippen molar-refractivity contribution in [1.82, 2.24) is 19.8 Å². The summed E-state index contributed by atoms with van der Waals surface area (Å²) in [5.41, 5.74) is 9.57. The number of benzene rings is 4. The smallest absolute Gasteiger partial charge is 0.0716 e. The maximum absolute atomic E-state index is 4.31. The molecule has 6 aromatic rings. The van der Waals surface area contributed by atoms with Crippen LogP contribution in [-0.4, -0.2) is 28.0 Å². The Hall–Kier alpha value is -5.35. The minimum absolute atomic E-state index is 0.0983. The van der Waals surface area contributed by atoms with Crippen molar-refractivity contribution in [2.75, 3.05) is 13.6 Å². The number of hydrogen-bond acceptors (Lipinski definition) is 3. The summed E-state index contributed by atoms with van der Waals surface area (Å²) in [5, 5.41) is 8.70. The molecule has 0 amide bonds. The van der Waals surface area contributed by atoms with E-state index in [0.29, 0.717) is 0 Å². The monoisotopic (exact) mass is 542 g/mol. The van der Waals surface area contributed by atoms with Crippen LogP contribution < -0.4 is 5.32 Å². The summed E-state index contributed by atoms with van der Waals surface area (Å²) in [6.45, 7) is 0.919. The van der Waals surface area contributed by atoms with Gasteiger partial charge in [-0.2, -0.15) is 0 Å². The molecule has 0 radical (unpaired) electrons. The first-order valence-corrected chi connectivity index (χ1v) is 14.4. The average Bonchev–Trinajstić information content (AvgIpc) is 3.40. The zero-order valence-electron chi connectivity index (χ0n) is 23.4. The second-order valence-corrected chi connectivity index (χ2v) is 11.1. The molecule has 4 aromatic carbocycles. The lowest BCUT2D eigenvalue weighted by molar-refractivity contribution is 0.506. The zero-order valence-corrected chi connectivity index (χ0v) is 23.4. The van der Waals surface area contributed by atoms with E-state index in [0.717, 1.165) is 17.8 Å². The molecule has 0 fully saturated rings.